The van der Waals surface area contributed by atoms with Crippen LogP contribution in [-0.4, -0.2) is 43.0 Å². The summed E-state index contributed by atoms with van der Waals surface area (Å²) in [6.07, 6.45) is 0. The smallest absolute Gasteiger partial charge is 0.354 e. The molecule has 1 aromatic heterocycles. The first kappa shape index (κ1) is 20.1. The van der Waals surface area contributed by atoms with E-state index >= 15 is 0 Å². The quantitative estimate of drug-likeness (QED) is 0.651. The predicted octanol–water partition coefficient (Wildman–Crippen LogP) is 4.24. The first-order chi connectivity index (χ1) is 13.8. The first-order valence-electron chi connectivity index (χ1n) is 8.56. The van der Waals surface area contributed by atoms with Crippen molar-refractivity contribution in [2.45, 2.75) is 0 Å². The number of halogens is 2. The van der Waals surface area contributed by atoms with E-state index in [2.05, 4.69) is 9.72 Å². The number of carbonyl (C=O) groups excluding carboxylic acids is 2. The third-order valence-electron chi connectivity index (χ3n) is 4.08. The summed E-state index contributed by atoms with van der Waals surface area (Å²) in [7, 11) is 4.46. The highest BCUT2D eigenvalue weighted by molar-refractivity contribution is 5.96. The maximum Gasteiger partial charge on any atom is 0.354 e. The maximum absolute atomic E-state index is 14.0. The number of hydrogen-bond acceptors (Lipinski definition) is 4. The highest BCUT2D eigenvalue weighted by Gasteiger charge is 2.16. The fourth-order valence-electron chi connectivity index (χ4n) is 2.67. The Labute approximate surface area is 165 Å². The van der Waals surface area contributed by atoms with Crippen molar-refractivity contribution in [3.8, 4) is 22.8 Å². The predicted molar refractivity (Wildman–Crippen MR) is 102 cm³/mol. The van der Waals surface area contributed by atoms with Crippen LogP contribution in [0.3, 0.4) is 0 Å². The Morgan fingerprint density at radius 3 is 2.41 bits per heavy atom. The van der Waals surface area contributed by atoms with Crippen LogP contribution in [-0.2, 0) is 4.74 Å². The van der Waals surface area contributed by atoms with Crippen molar-refractivity contribution >= 4 is 11.9 Å². The molecule has 3 rings (SSSR count). The van der Waals surface area contributed by atoms with Crippen LogP contribution in [0, 0.1) is 11.6 Å². The van der Waals surface area contributed by atoms with Crippen LogP contribution in [0.25, 0.3) is 11.3 Å². The highest BCUT2D eigenvalue weighted by Crippen LogP contribution is 2.31. The number of nitrogens with zero attached hydrogens (tertiary/aromatic N) is 1. The van der Waals surface area contributed by atoms with Crippen molar-refractivity contribution in [2.75, 3.05) is 21.2 Å². The molecule has 150 valence electrons. The van der Waals surface area contributed by atoms with Gasteiger partial charge in [-0.2, -0.15) is 0 Å². The highest BCUT2D eigenvalue weighted by atomic mass is 19.1. The number of hydrogen-bond donors (Lipinski definition) is 1. The standard InChI is InChI=1S/C21H18F2N2O4/c1-25(2)20(26)13-8-12(17-5-6-18(24-17)21(27)28-3)9-15(10-13)29-19-7-4-14(22)11-16(19)23/h4-11,24H,1-3H3. The third kappa shape index (κ3) is 4.43. The van der Waals surface area contributed by atoms with Crippen molar-refractivity contribution in [3.05, 3.63) is 71.4 Å². The molecule has 3 aromatic rings. The van der Waals surface area contributed by atoms with Crippen LogP contribution in [0.5, 0.6) is 11.5 Å². The van der Waals surface area contributed by atoms with E-state index in [0.717, 1.165) is 12.1 Å². The Morgan fingerprint density at radius 1 is 1.00 bits per heavy atom. The largest absolute Gasteiger partial charge is 0.464 e. The van der Waals surface area contributed by atoms with Crippen molar-refractivity contribution in [1.82, 2.24) is 9.88 Å². The maximum atomic E-state index is 14.0. The number of methoxy groups -OCH3 is 1. The number of ether oxygens (including phenoxy) is 2. The number of aromatic amines is 1. The van der Waals surface area contributed by atoms with Crippen molar-refractivity contribution in [2.24, 2.45) is 0 Å². The molecular weight excluding hydrogens is 382 g/mol. The van der Waals surface area contributed by atoms with E-state index in [-0.39, 0.29) is 23.1 Å². The number of carbonyl (C=O) groups is 2. The summed E-state index contributed by atoms with van der Waals surface area (Å²) in [5, 5.41) is 0. The Balaban J connectivity index is 2.05. The molecule has 8 heteroatoms. The molecule has 0 aliphatic rings. The molecule has 0 bridgehead atoms. The van der Waals surface area contributed by atoms with Gasteiger partial charge in [0.05, 0.1) is 7.11 Å². The van der Waals surface area contributed by atoms with Crippen LogP contribution in [0.4, 0.5) is 8.78 Å². The number of amides is 1. The fraction of sp³-hybridized carbons (Fsp3) is 0.143. The molecule has 1 amide bonds. The van der Waals surface area contributed by atoms with Gasteiger partial charge in [-0.1, -0.05) is 0 Å². The van der Waals surface area contributed by atoms with Crippen LogP contribution in [0.15, 0.2) is 48.5 Å². The topological polar surface area (TPSA) is 71.6 Å². The van der Waals surface area contributed by atoms with E-state index in [1.807, 2.05) is 0 Å². The minimum Gasteiger partial charge on any atom is -0.464 e. The monoisotopic (exact) mass is 400 g/mol. The fourth-order valence-corrected chi connectivity index (χ4v) is 2.67. The molecule has 0 fully saturated rings. The molecule has 0 aliphatic carbocycles. The Hall–Kier alpha value is -3.68. The van der Waals surface area contributed by atoms with Gasteiger partial charge < -0.3 is 19.4 Å². The zero-order valence-corrected chi connectivity index (χ0v) is 16.0. The summed E-state index contributed by atoms with van der Waals surface area (Å²) in [5.74, 6) is -2.45. The van der Waals surface area contributed by atoms with Crippen molar-refractivity contribution in [1.29, 1.82) is 0 Å². The minimum atomic E-state index is -0.872. The van der Waals surface area contributed by atoms with Gasteiger partial charge in [-0.15, -0.1) is 0 Å². The second kappa shape index (κ2) is 8.14. The van der Waals surface area contributed by atoms with E-state index in [9.17, 15) is 18.4 Å². The summed E-state index contributed by atoms with van der Waals surface area (Å²) in [6.45, 7) is 0. The zero-order valence-electron chi connectivity index (χ0n) is 16.0. The average Bonchev–Trinajstić information content (AvgIpc) is 3.19. The lowest BCUT2D eigenvalue weighted by Gasteiger charge is -2.14. The summed E-state index contributed by atoms with van der Waals surface area (Å²) < 4.78 is 37.4. The molecule has 2 aromatic carbocycles. The first-order valence-corrected chi connectivity index (χ1v) is 8.56. The number of H-pyrrole nitrogens is 1. The number of rotatable bonds is 5. The van der Waals surface area contributed by atoms with Crippen LogP contribution in [0.2, 0.25) is 0 Å². The molecule has 1 heterocycles. The van der Waals surface area contributed by atoms with Gasteiger partial charge in [0.2, 0.25) is 0 Å². The second-order valence-electron chi connectivity index (χ2n) is 6.40. The van der Waals surface area contributed by atoms with Gasteiger partial charge in [-0.25, -0.2) is 13.6 Å². The summed E-state index contributed by atoms with van der Waals surface area (Å²) in [5.41, 5.74) is 1.59. The van der Waals surface area contributed by atoms with Gasteiger partial charge >= 0.3 is 5.97 Å². The van der Waals surface area contributed by atoms with E-state index in [1.165, 1.54) is 18.1 Å². The molecule has 0 saturated heterocycles. The third-order valence-corrected chi connectivity index (χ3v) is 4.08. The summed E-state index contributed by atoms with van der Waals surface area (Å²) in [4.78, 5) is 28.4. The van der Waals surface area contributed by atoms with Gasteiger partial charge in [0, 0.05) is 37.0 Å². The SMILES string of the molecule is COC(=O)c1ccc(-c2cc(Oc3ccc(F)cc3F)cc(C(=O)N(C)C)c2)[nH]1. The lowest BCUT2D eigenvalue weighted by molar-refractivity contribution is 0.0594. The van der Waals surface area contributed by atoms with Crippen LogP contribution >= 0.6 is 0 Å². The average molecular weight is 400 g/mol. The number of esters is 1. The van der Waals surface area contributed by atoms with E-state index in [0.29, 0.717) is 22.9 Å². The van der Waals surface area contributed by atoms with Gasteiger partial charge in [-0.05, 0) is 42.5 Å². The molecule has 0 aliphatic heterocycles. The molecule has 0 spiro atoms. The molecule has 0 unspecified atom stereocenters. The van der Waals surface area contributed by atoms with Crippen molar-refractivity contribution < 1.29 is 27.8 Å². The Bertz CT molecular complexity index is 1080. The number of nitrogens with one attached hydrogen (secondary N) is 1. The van der Waals surface area contributed by atoms with Gasteiger partial charge in [-0.3, -0.25) is 4.79 Å². The van der Waals surface area contributed by atoms with Crippen molar-refractivity contribution in [3.63, 3.8) is 0 Å². The zero-order chi connectivity index (χ0) is 21.1. The summed E-state index contributed by atoms with van der Waals surface area (Å²) in [6, 6.07) is 10.8. The van der Waals surface area contributed by atoms with E-state index in [4.69, 9.17) is 4.74 Å². The molecule has 6 nitrogen and oxygen atoms in total. The minimum absolute atomic E-state index is 0.174. The molecule has 29 heavy (non-hydrogen) atoms. The molecule has 0 radical (unpaired) electrons. The lowest BCUT2D eigenvalue weighted by Crippen LogP contribution is -2.21. The Kier molecular flexibility index (Phi) is 5.63. The van der Waals surface area contributed by atoms with E-state index in [1.54, 1.807) is 38.4 Å². The van der Waals surface area contributed by atoms with Gasteiger partial charge in [0.1, 0.15) is 17.3 Å². The van der Waals surface area contributed by atoms with Crippen LogP contribution < -0.4 is 4.74 Å². The van der Waals surface area contributed by atoms with E-state index < -0.39 is 17.6 Å². The molecular formula is C21H18F2N2O4. The molecule has 1 N–H and O–H groups in total. The van der Waals surface area contributed by atoms with Gasteiger partial charge in [0.25, 0.3) is 5.91 Å². The lowest BCUT2D eigenvalue weighted by atomic mass is 10.1. The second-order valence-corrected chi connectivity index (χ2v) is 6.40. The number of benzene rings is 2. The Morgan fingerprint density at radius 2 is 1.76 bits per heavy atom. The van der Waals surface area contributed by atoms with Crippen LogP contribution in [0.1, 0.15) is 20.8 Å². The molecule has 0 atom stereocenters. The normalized spacial score (nSPS) is 10.5. The number of aromatic nitrogens is 1. The summed E-state index contributed by atoms with van der Waals surface area (Å²) >= 11 is 0. The van der Waals surface area contributed by atoms with Gasteiger partial charge in [0.15, 0.2) is 11.6 Å². The molecule has 0 saturated carbocycles.